The molecular weight excluding hydrogens is 276 g/mol. The van der Waals surface area contributed by atoms with E-state index < -0.39 is 0 Å². The van der Waals surface area contributed by atoms with Crippen LogP contribution in [0.25, 0.3) is 0 Å². The van der Waals surface area contributed by atoms with E-state index in [1.807, 2.05) is 12.1 Å². The Bertz CT molecular complexity index is 357. The third kappa shape index (κ3) is 4.00. The van der Waals surface area contributed by atoms with Gasteiger partial charge in [-0.05, 0) is 43.6 Å². The Morgan fingerprint density at radius 2 is 1.71 bits per heavy atom. The van der Waals surface area contributed by atoms with Gasteiger partial charge >= 0.3 is 0 Å². The Balaban J connectivity index is 1.98. The molecule has 1 saturated heterocycles. The molecule has 0 spiro atoms. The van der Waals surface area contributed by atoms with Crippen LogP contribution in [0.1, 0.15) is 37.7 Å². The van der Waals surface area contributed by atoms with Crippen LogP contribution < -0.4 is 5.73 Å². The van der Waals surface area contributed by atoms with E-state index >= 15 is 0 Å². The normalized spacial score (nSPS) is 18.6. The molecule has 1 aliphatic rings. The molecule has 1 aromatic rings. The number of rotatable bonds is 2. The highest BCUT2D eigenvalue weighted by molar-refractivity contribution is 9.10. The second-order valence-electron chi connectivity index (χ2n) is 4.89. The monoisotopic (exact) mass is 296 g/mol. The van der Waals surface area contributed by atoms with Crippen molar-refractivity contribution in [3.8, 4) is 0 Å². The molecule has 3 heteroatoms. The molecule has 2 nitrogen and oxygen atoms in total. The van der Waals surface area contributed by atoms with Crippen molar-refractivity contribution < 1.29 is 0 Å². The minimum Gasteiger partial charge on any atom is -0.399 e. The zero-order valence-electron chi connectivity index (χ0n) is 10.3. The van der Waals surface area contributed by atoms with Gasteiger partial charge in [0.05, 0.1) is 0 Å². The van der Waals surface area contributed by atoms with Gasteiger partial charge in [0.1, 0.15) is 0 Å². The van der Waals surface area contributed by atoms with E-state index in [0.717, 1.165) is 16.7 Å². The number of nitrogens with two attached hydrogens (primary N) is 1. The van der Waals surface area contributed by atoms with Crippen LogP contribution in [0, 0.1) is 0 Å². The quantitative estimate of drug-likeness (QED) is 0.841. The fourth-order valence-electron chi connectivity index (χ4n) is 2.40. The Labute approximate surface area is 112 Å². The average molecular weight is 297 g/mol. The maximum Gasteiger partial charge on any atom is 0.0325 e. The first kappa shape index (κ1) is 12.9. The maximum absolute atomic E-state index is 5.76. The molecule has 0 radical (unpaired) electrons. The lowest BCUT2D eigenvalue weighted by atomic mass is 10.1. The fourth-order valence-corrected chi connectivity index (χ4v) is 2.93. The third-order valence-electron chi connectivity index (χ3n) is 3.42. The Morgan fingerprint density at radius 1 is 1.06 bits per heavy atom. The molecule has 0 amide bonds. The van der Waals surface area contributed by atoms with Crippen LogP contribution in [0.3, 0.4) is 0 Å². The van der Waals surface area contributed by atoms with Crippen molar-refractivity contribution >= 4 is 21.6 Å². The van der Waals surface area contributed by atoms with Gasteiger partial charge in [-0.1, -0.05) is 41.3 Å². The summed E-state index contributed by atoms with van der Waals surface area (Å²) in [5.41, 5.74) is 7.94. The van der Waals surface area contributed by atoms with Crippen LogP contribution in [-0.2, 0) is 6.54 Å². The molecule has 1 aromatic carbocycles. The highest BCUT2D eigenvalue weighted by Crippen LogP contribution is 2.22. The molecule has 94 valence electrons. The first-order valence-corrected chi connectivity index (χ1v) is 7.31. The molecule has 0 saturated carbocycles. The molecule has 1 aliphatic heterocycles. The highest BCUT2D eigenvalue weighted by Gasteiger charge is 2.10. The smallest absolute Gasteiger partial charge is 0.0325 e. The Morgan fingerprint density at radius 3 is 2.35 bits per heavy atom. The SMILES string of the molecule is Nc1ccc(CN2CCCCCCC2)c(Br)c1. The number of likely N-dealkylation sites (tertiary alicyclic amines) is 1. The van der Waals surface area contributed by atoms with Crippen LogP contribution in [0.4, 0.5) is 5.69 Å². The number of benzene rings is 1. The van der Waals surface area contributed by atoms with Gasteiger partial charge in [0, 0.05) is 16.7 Å². The van der Waals surface area contributed by atoms with Crippen LogP contribution in [-0.4, -0.2) is 18.0 Å². The summed E-state index contributed by atoms with van der Waals surface area (Å²) in [5, 5.41) is 0. The van der Waals surface area contributed by atoms with Crippen molar-refractivity contribution in [1.82, 2.24) is 4.90 Å². The lowest BCUT2D eigenvalue weighted by Gasteiger charge is -2.25. The highest BCUT2D eigenvalue weighted by atomic mass is 79.9. The lowest BCUT2D eigenvalue weighted by Crippen LogP contribution is -2.27. The van der Waals surface area contributed by atoms with Gasteiger partial charge in [-0.25, -0.2) is 0 Å². The Kier molecular flexibility index (Phi) is 4.86. The molecule has 0 aromatic heterocycles. The maximum atomic E-state index is 5.76. The third-order valence-corrected chi connectivity index (χ3v) is 4.16. The van der Waals surface area contributed by atoms with Crippen molar-refractivity contribution in [2.24, 2.45) is 0 Å². The number of hydrogen-bond donors (Lipinski definition) is 1. The van der Waals surface area contributed by atoms with Gasteiger partial charge in [-0.2, -0.15) is 0 Å². The van der Waals surface area contributed by atoms with Gasteiger partial charge in [-0.3, -0.25) is 4.90 Å². The molecule has 0 bridgehead atoms. The zero-order chi connectivity index (χ0) is 12.1. The van der Waals surface area contributed by atoms with E-state index in [1.165, 1.54) is 50.8 Å². The second kappa shape index (κ2) is 6.41. The van der Waals surface area contributed by atoms with E-state index in [0.29, 0.717) is 0 Å². The Hall–Kier alpha value is -0.540. The molecule has 0 atom stereocenters. The molecule has 1 heterocycles. The average Bonchev–Trinajstić information content (AvgIpc) is 2.25. The summed E-state index contributed by atoms with van der Waals surface area (Å²) in [6.07, 6.45) is 6.87. The number of anilines is 1. The van der Waals surface area contributed by atoms with Gasteiger partial charge in [-0.15, -0.1) is 0 Å². The van der Waals surface area contributed by atoms with Gasteiger partial charge in [0.2, 0.25) is 0 Å². The number of nitrogens with zero attached hydrogens (tertiary/aromatic N) is 1. The summed E-state index contributed by atoms with van der Waals surface area (Å²) < 4.78 is 1.14. The first-order chi connectivity index (χ1) is 8.25. The van der Waals surface area contributed by atoms with E-state index in [9.17, 15) is 0 Å². The zero-order valence-corrected chi connectivity index (χ0v) is 11.9. The van der Waals surface area contributed by atoms with E-state index in [1.54, 1.807) is 0 Å². The molecule has 17 heavy (non-hydrogen) atoms. The van der Waals surface area contributed by atoms with Crippen molar-refractivity contribution in [3.63, 3.8) is 0 Å². The molecule has 1 fully saturated rings. The summed E-state index contributed by atoms with van der Waals surface area (Å²) >= 11 is 3.60. The van der Waals surface area contributed by atoms with E-state index in [2.05, 4.69) is 26.9 Å². The summed E-state index contributed by atoms with van der Waals surface area (Å²) in [6, 6.07) is 6.13. The number of halogens is 1. The molecule has 2 rings (SSSR count). The van der Waals surface area contributed by atoms with Crippen LogP contribution in [0.2, 0.25) is 0 Å². The van der Waals surface area contributed by atoms with Crippen molar-refractivity contribution in [2.45, 2.75) is 38.6 Å². The number of nitrogen functional groups attached to an aromatic ring is 1. The van der Waals surface area contributed by atoms with Gasteiger partial charge in [0.15, 0.2) is 0 Å². The lowest BCUT2D eigenvalue weighted by molar-refractivity contribution is 0.239. The molecule has 0 unspecified atom stereocenters. The summed E-state index contributed by atoms with van der Waals surface area (Å²) in [4.78, 5) is 2.56. The second-order valence-corrected chi connectivity index (χ2v) is 5.75. The minimum atomic E-state index is 0.827. The van der Waals surface area contributed by atoms with Gasteiger partial charge < -0.3 is 5.73 Å². The minimum absolute atomic E-state index is 0.827. The van der Waals surface area contributed by atoms with E-state index in [-0.39, 0.29) is 0 Å². The van der Waals surface area contributed by atoms with Crippen molar-refractivity contribution in [2.75, 3.05) is 18.8 Å². The summed E-state index contributed by atoms with van der Waals surface area (Å²) in [5.74, 6) is 0. The first-order valence-electron chi connectivity index (χ1n) is 6.52. The fraction of sp³-hybridized carbons (Fsp3) is 0.571. The topological polar surface area (TPSA) is 29.3 Å². The van der Waals surface area contributed by atoms with E-state index in [4.69, 9.17) is 5.73 Å². The summed E-state index contributed by atoms with van der Waals surface area (Å²) in [7, 11) is 0. The predicted molar refractivity (Wildman–Crippen MR) is 76.9 cm³/mol. The van der Waals surface area contributed by atoms with Crippen LogP contribution in [0.15, 0.2) is 22.7 Å². The summed E-state index contributed by atoms with van der Waals surface area (Å²) in [6.45, 7) is 3.51. The van der Waals surface area contributed by atoms with Crippen LogP contribution >= 0.6 is 15.9 Å². The van der Waals surface area contributed by atoms with Gasteiger partial charge in [0.25, 0.3) is 0 Å². The predicted octanol–water partition coefficient (Wildman–Crippen LogP) is 3.80. The van der Waals surface area contributed by atoms with Crippen molar-refractivity contribution in [3.05, 3.63) is 28.2 Å². The van der Waals surface area contributed by atoms with Crippen LogP contribution in [0.5, 0.6) is 0 Å². The molecular formula is C14H21BrN2. The molecule has 2 N–H and O–H groups in total. The number of hydrogen-bond acceptors (Lipinski definition) is 2. The standard InChI is InChI=1S/C14H21BrN2/c15-14-10-13(16)7-6-12(14)11-17-8-4-2-1-3-5-9-17/h6-7,10H,1-5,8-9,11,16H2. The molecule has 0 aliphatic carbocycles. The van der Waals surface area contributed by atoms with Crippen molar-refractivity contribution in [1.29, 1.82) is 0 Å². The largest absolute Gasteiger partial charge is 0.399 e.